The number of hydrogen-bond acceptors (Lipinski definition) is 5. The van der Waals surface area contributed by atoms with Gasteiger partial charge >= 0.3 is 0 Å². The molecule has 0 radical (unpaired) electrons. The highest BCUT2D eigenvalue weighted by atomic mass is 32.1. The lowest BCUT2D eigenvalue weighted by Gasteiger charge is -2.33. The third-order valence-corrected chi connectivity index (χ3v) is 5.92. The van der Waals surface area contributed by atoms with Crippen molar-refractivity contribution in [2.75, 3.05) is 38.1 Å². The molecule has 2 aromatic heterocycles. The van der Waals surface area contributed by atoms with Crippen LogP contribution in [0.3, 0.4) is 0 Å². The van der Waals surface area contributed by atoms with Gasteiger partial charge < -0.3 is 9.80 Å². The summed E-state index contributed by atoms with van der Waals surface area (Å²) in [4.78, 5) is 15.8. The maximum atomic E-state index is 5.00. The molecule has 0 saturated carbocycles. The standard InChI is InChI=1S/C20H24N4S/c1-15-14-25-20-18(15)19(24-12-10-23(2)11-13-24)21-17(22-20)9-8-16-6-4-3-5-7-16/h3-7,14H,8-13H2,1-2H3. The molecule has 1 fully saturated rings. The number of piperazine rings is 1. The van der Waals surface area contributed by atoms with Gasteiger partial charge in [-0.05, 0) is 36.9 Å². The first-order chi connectivity index (χ1) is 12.2. The molecular weight excluding hydrogens is 328 g/mol. The molecule has 130 valence electrons. The van der Waals surface area contributed by atoms with Gasteiger partial charge in [0, 0.05) is 32.6 Å². The SMILES string of the molecule is Cc1csc2nc(CCc3ccccc3)nc(N3CCN(C)CC3)c12. The number of rotatable bonds is 4. The zero-order chi connectivity index (χ0) is 17.2. The fourth-order valence-corrected chi connectivity index (χ4v) is 4.30. The van der Waals surface area contributed by atoms with Crippen LogP contribution in [-0.4, -0.2) is 48.1 Å². The van der Waals surface area contributed by atoms with E-state index < -0.39 is 0 Å². The Kier molecular flexibility index (Phi) is 4.68. The number of aromatic nitrogens is 2. The van der Waals surface area contributed by atoms with Gasteiger partial charge in [-0.3, -0.25) is 0 Å². The number of benzene rings is 1. The van der Waals surface area contributed by atoms with Gasteiger partial charge in [0.15, 0.2) is 0 Å². The monoisotopic (exact) mass is 352 g/mol. The molecule has 0 N–H and O–H groups in total. The molecule has 5 heteroatoms. The van der Waals surface area contributed by atoms with Gasteiger partial charge in [0.25, 0.3) is 0 Å². The Balaban J connectivity index is 1.64. The maximum Gasteiger partial charge on any atom is 0.141 e. The molecule has 25 heavy (non-hydrogen) atoms. The summed E-state index contributed by atoms with van der Waals surface area (Å²) in [7, 11) is 2.19. The topological polar surface area (TPSA) is 32.3 Å². The van der Waals surface area contributed by atoms with Gasteiger partial charge in [-0.1, -0.05) is 30.3 Å². The van der Waals surface area contributed by atoms with Crippen molar-refractivity contribution in [1.82, 2.24) is 14.9 Å². The number of hydrogen-bond donors (Lipinski definition) is 0. The Hall–Kier alpha value is -1.98. The highest BCUT2D eigenvalue weighted by molar-refractivity contribution is 7.17. The van der Waals surface area contributed by atoms with Crippen LogP contribution in [0, 0.1) is 6.92 Å². The fraction of sp³-hybridized carbons (Fsp3) is 0.400. The van der Waals surface area contributed by atoms with Crippen molar-refractivity contribution in [3.63, 3.8) is 0 Å². The summed E-state index contributed by atoms with van der Waals surface area (Å²) in [5.74, 6) is 2.10. The molecule has 4 nitrogen and oxygen atoms in total. The molecule has 3 heterocycles. The lowest BCUT2D eigenvalue weighted by molar-refractivity contribution is 0.312. The first-order valence-corrected chi connectivity index (χ1v) is 9.81. The lowest BCUT2D eigenvalue weighted by atomic mass is 10.1. The highest BCUT2D eigenvalue weighted by Gasteiger charge is 2.20. The molecule has 0 bridgehead atoms. The predicted molar refractivity (Wildman–Crippen MR) is 106 cm³/mol. The average molecular weight is 353 g/mol. The molecule has 0 amide bonds. The second-order valence-electron chi connectivity index (χ2n) is 6.84. The summed E-state index contributed by atoms with van der Waals surface area (Å²) >= 11 is 1.74. The van der Waals surface area contributed by atoms with Crippen LogP contribution >= 0.6 is 11.3 Å². The van der Waals surface area contributed by atoms with Crippen molar-refractivity contribution in [1.29, 1.82) is 0 Å². The average Bonchev–Trinajstić information content (AvgIpc) is 3.02. The summed E-state index contributed by atoms with van der Waals surface area (Å²) in [5, 5.41) is 3.46. The number of likely N-dealkylation sites (N-methyl/N-ethyl adjacent to an activating group) is 1. The minimum atomic E-state index is 0.887. The second kappa shape index (κ2) is 7.10. The maximum absolute atomic E-state index is 5.00. The zero-order valence-electron chi connectivity index (χ0n) is 14.9. The van der Waals surface area contributed by atoms with Crippen molar-refractivity contribution < 1.29 is 0 Å². The van der Waals surface area contributed by atoms with E-state index in [1.165, 1.54) is 16.5 Å². The number of aryl methyl sites for hydroxylation is 3. The van der Waals surface area contributed by atoms with Gasteiger partial charge in [-0.2, -0.15) is 0 Å². The Morgan fingerprint density at radius 2 is 1.76 bits per heavy atom. The number of anilines is 1. The normalized spacial score (nSPS) is 15.8. The zero-order valence-corrected chi connectivity index (χ0v) is 15.7. The number of thiophene rings is 1. The number of nitrogens with zero attached hydrogens (tertiary/aromatic N) is 4. The summed E-state index contributed by atoms with van der Waals surface area (Å²) in [6.45, 7) is 6.43. The Morgan fingerprint density at radius 1 is 1.00 bits per heavy atom. The van der Waals surface area contributed by atoms with E-state index in [1.54, 1.807) is 11.3 Å². The van der Waals surface area contributed by atoms with Gasteiger partial charge in [0.05, 0.1) is 5.39 Å². The van der Waals surface area contributed by atoms with E-state index in [0.29, 0.717) is 0 Å². The third kappa shape index (κ3) is 3.53. The second-order valence-corrected chi connectivity index (χ2v) is 7.70. The van der Waals surface area contributed by atoms with Crippen molar-refractivity contribution >= 4 is 27.4 Å². The van der Waals surface area contributed by atoms with E-state index in [-0.39, 0.29) is 0 Å². The quantitative estimate of drug-likeness (QED) is 0.719. The van der Waals surface area contributed by atoms with Crippen LogP contribution in [0.4, 0.5) is 5.82 Å². The van der Waals surface area contributed by atoms with Crippen molar-refractivity contribution in [3.8, 4) is 0 Å². The summed E-state index contributed by atoms with van der Waals surface area (Å²) < 4.78 is 0. The van der Waals surface area contributed by atoms with Gasteiger partial charge in [-0.25, -0.2) is 9.97 Å². The van der Waals surface area contributed by atoms with Gasteiger partial charge in [0.2, 0.25) is 0 Å². The third-order valence-electron chi connectivity index (χ3n) is 4.93. The van der Waals surface area contributed by atoms with Crippen molar-refractivity contribution in [2.45, 2.75) is 19.8 Å². The van der Waals surface area contributed by atoms with Crippen molar-refractivity contribution in [3.05, 3.63) is 52.7 Å². The molecule has 1 aliphatic rings. The minimum Gasteiger partial charge on any atom is -0.353 e. The van der Waals surface area contributed by atoms with Crippen LogP contribution in [0.2, 0.25) is 0 Å². The lowest BCUT2D eigenvalue weighted by Crippen LogP contribution is -2.45. The number of fused-ring (bicyclic) bond motifs is 1. The minimum absolute atomic E-state index is 0.887. The highest BCUT2D eigenvalue weighted by Crippen LogP contribution is 2.32. The largest absolute Gasteiger partial charge is 0.353 e. The van der Waals surface area contributed by atoms with Gasteiger partial charge in [0.1, 0.15) is 16.5 Å². The van der Waals surface area contributed by atoms with Crippen molar-refractivity contribution in [2.24, 2.45) is 0 Å². The molecule has 0 spiro atoms. The molecule has 1 aromatic carbocycles. The Morgan fingerprint density at radius 3 is 2.52 bits per heavy atom. The van der Waals surface area contributed by atoms with Crippen LogP contribution < -0.4 is 4.90 Å². The Labute approximate surface area is 153 Å². The van der Waals surface area contributed by atoms with Crippen LogP contribution in [-0.2, 0) is 12.8 Å². The predicted octanol–water partition coefficient (Wildman–Crippen LogP) is 3.54. The summed E-state index contributed by atoms with van der Waals surface area (Å²) in [5.41, 5.74) is 2.64. The van der Waals surface area contributed by atoms with Gasteiger partial charge in [-0.15, -0.1) is 11.3 Å². The van der Waals surface area contributed by atoms with Crippen LogP contribution in [0.25, 0.3) is 10.2 Å². The molecule has 4 rings (SSSR count). The molecule has 1 aliphatic heterocycles. The van der Waals surface area contributed by atoms with E-state index in [0.717, 1.165) is 55.5 Å². The summed E-state index contributed by atoms with van der Waals surface area (Å²) in [6.07, 6.45) is 1.87. The molecule has 0 unspecified atom stereocenters. The van der Waals surface area contributed by atoms with Crippen LogP contribution in [0.1, 0.15) is 17.0 Å². The molecule has 3 aromatic rings. The molecular formula is C20H24N4S. The first kappa shape index (κ1) is 16.5. The summed E-state index contributed by atoms with van der Waals surface area (Å²) in [6, 6.07) is 10.6. The first-order valence-electron chi connectivity index (χ1n) is 8.93. The molecule has 0 aliphatic carbocycles. The smallest absolute Gasteiger partial charge is 0.141 e. The fourth-order valence-electron chi connectivity index (χ4n) is 3.37. The molecule has 1 saturated heterocycles. The Bertz CT molecular complexity index is 851. The molecule has 0 atom stereocenters. The van der Waals surface area contributed by atoms with E-state index in [2.05, 4.69) is 59.5 Å². The van der Waals surface area contributed by atoms with E-state index >= 15 is 0 Å². The van der Waals surface area contributed by atoms with E-state index in [4.69, 9.17) is 9.97 Å². The van der Waals surface area contributed by atoms with E-state index in [9.17, 15) is 0 Å². The van der Waals surface area contributed by atoms with Crippen LogP contribution in [0.15, 0.2) is 35.7 Å². The van der Waals surface area contributed by atoms with E-state index in [1.807, 2.05) is 0 Å². The van der Waals surface area contributed by atoms with Crippen LogP contribution in [0.5, 0.6) is 0 Å².